The van der Waals surface area contributed by atoms with Crippen LogP contribution in [0.25, 0.3) is 0 Å². The molecule has 1 amide bonds. The van der Waals surface area contributed by atoms with Gasteiger partial charge in [0.1, 0.15) is 12.7 Å². The number of esters is 1. The zero-order valence-corrected chi connectivity index (χ0v) is 10.4. The number of ether oxygens (including phenoxy) is 1. The van der Waals surface area contributed by atoms with Crippen molar-refractivity contribution in [2.45, 2.75) is 26.0 Å². The number of nitrogens with one attached hydrogen (secondary N) is 1. The van der Waals surface area contributed by atoms with Crippen molar-refractivity contribution in [1.29, 1.82) is 0 Å². The zero-order valence-electron chi connectivity index (χ0n) is 10.4. The predicted molar refractivity (Wildman–Crippen MR) is 65.6 cm³/mol. The fourth-order valence-electron chi connectivity index (χ4n) is 1.56. The molecule has 0 aliphatic rings. The van der Waals surface area contributed by atoms with E-state index in [9.17, 15) is 14.7 Å². The van der Waals surface area contributed by atoms with Gasteiger partial charge in [-0.2, -0.15) is 0 Å². The van der Waals surface area contributed by atoms with Crippen LogP contribution in [0.15, 0.2) is 30.3 Å². The summed E-state index contributed by atoms with van der Waals surface area (Å²) >= 11 is 0. The summed E-state index contributed by atoms with van der Waals surface area (Å²) in [6, 6.07) is 8.23. The van der Waals surface area contributed by atoms with Gasteiger partial charge in [0.05, 0.1) is 6.04 Å². The first-order valence-corrected chi connectivity index (χ1v) is 5.64. The van der Waals surface area contributed by atoms with E-state index in [0.29, 0.717) is 5.56 Å². The van der Waals surface area contributed by atoms with Crippen LogP contribution in [0.3, 0.4) is 0 Å². The fourth-order valence-corrected chi connectivity index (χ4v) is 1.56. The summed E-state index contributed by atoms with van der Waals surface area (Å²) in [5.74, 6) is -0.743. The third-order valence-electron chi connectivity index (χ3n) is 2.38. The maximum Gasteiger partial charge on any atom is 0.302 e. The van der Waals surface area contributed by atoms with E-state index in [4.69, 9.17) is 4.74 Å². The Morgan fingerprint density at radius 3 is 2.39 bits per heavy atom. The van der Waals surface area contributed by atoms with Gasteiger partial charge >= 0.3 is 5.97 Å². The molecule has 0 unspecified atom stereocenters. The molecule has 1 rings (SSSR count). The van der Waals surface area contributed by atoms with E-state index in [-0.39, 0.29) is 12.5 Å². The molecule has 5 heteroatoms. The summed E-state index contributed by atoms with van der Waals surface area (Å²) in [5.41, 5.74) is 0.656. The summed E-state index contributed by atoms with van der Waals surface area (Å²) in [5, 5.41) is 12.7. The van der Waals surface area contributed by atoms with Gasteiger partial charge in [0, 0.05) is 13.8 Å². The van der Waals surface area contributed by atoms with E-state index in [1.807, 2.05) is 6.07 Å². The molecule has 0 fully saturated rings. The molecule has 2 N–H and O–H groups in total. The van der Waals surface area contributed by atoms with Crippen LogP contribution in [0.1, 0.15) is 25.5 Å². The molecule has 2 atom stereocenters. The summed E-state index contributed by atoms with van der Waals surface area (Å²) in [6.07, 6.45) is -0.922. The second-order valence-corrected chi connectivity index (χ2v) is 3.97. The standard InChI is InChI=1S/C13H17NO4/c1-9(15)14-12(8-18-10(2)16)13(17)11-6-4-3-5-7-11/h3-7,12-13,17H,8H2,1-2H3,(H,14,15)/t12-,13-/m0/s1. The van der Waals surface area contributed by atoms with Crippen molar-refractivity contribution in [3.8, 4) is 0 Å². The lowest BCUT2D eigenvalue weighted by molar-refractivity contribution is -0.143. The second-order valence-electron chi connectivity index (χ2n) is 3.97. The second kappa shape index (κ2) is 6.76. The molecule has 0 saturated carbocycles. The van der Waals surface area contributed by atoms with Crippen molar-refractivity contribution in [3.05, 3.63) is 35.9 Å². The van der Waals surface area contributed by atoms with E-state index in [1.54, 1.807) is 24.3 Å². The number of benzene rings is 1. The molecule has 0 heterocycles. The molecule has 1 aromatic carbocycles. The molecule has 0 aromatic heterocycles. The summed E-state index contributed by atoms with van der Waals surface area (Å²) in [4.78, 5) is 21.8. The number of aliphatic hydroxyl groups is 1. The maximum absolute atomic E-state index is 11.1. The lowest BCUT2D eigenvalue weighted by Gasteiger charge is -2.23. The minimum atomic E-state index is -0.922. The van der Waals surface area contributed by atoms with Crippen LogP contribution in [0.2, 0.25) is 0 Å². The highest BCUT2D eigenvalue weighted by Gasteiger charge is 2.22. The van der Waals surface area contributed by atoms with Crippen LogP contribution in [-0.2, 0) is 14.3 Å². The molecule has 18 heavy (non-hydrogen) atoms. The number of hydrogen-bond donors (Lipinski definition) is 2. The zero-order chi connectivity index (χ0) is 13.5. The summed E-state index contributed by atoms with van der Waals surface area (Å²) in [6.45, 7) is 2.56. The minimum absolute atomic E-state index is 0.0645. The van der Waals surface area contributed by atoms with Crippen LogP contribution in [0.4, 0.5) is 0 Å². The van der Waals surface area contributed by atoms with Gasteiger partial charge in [-0.25, -0.2) is 0 Å². The number of hydrogen-bond acceptors (Lipinski definition) is 4. The van der Waals surface area contributed by atoms with Gasteiger partial charge < -0.3 is 15.2 Å². The van der Waals surface area contributed by atoms with Crippen molar-refractivity contribution < 1.29 is 19.4 Å². The van der Waals surface area contributed by atoms with Gasteiger partial charge in [-0.1, -0.05) is 30.3 Å². The first kappa shape index (κ1) is 14.2. The lowest BCUT2D eigenvalue weighted by Crippen LogP contribution is -2.41. The van der Waals surface area contributed by atoms with Gasteiger partial charge in [0.2, 0.25) is 5.91 Å². The van der Waals surface area contributed by atoms with Gasteiger partial charge in [0.15, 0.2) is 0 Å². The SMILES string of the molecule is CC(=O)N[C@@H](COC(C)=O)[C@@H](O)c1ccccc1. The van der Waals surface area contributed by atoms with Crippen molar-refractivity contribution in [3.63, 3.8) is 0 Å². The van der Waals surface area contributed by atoms with Crippen LogP contribution in [0, 0.1) is 0 Å². The molecule has 1 aromatic rings. The Kier molecular flexibility index (Phi) is 5.32. The molecule has 0 radical (unpaired) electrons. The van der Waals surface area contributed by atoms with Crippen LogP contribution in [0.5, 0.6) is 0 Å². The number of rotatable bonds is 5. The van der Waals surface area contributed by atoms with Crippen LogP contribution < -0.4 is 5.32 Å². The average molecular weight is 251 g/mol. The maximum atomic E-state index is 11.1. The Balaban J connectivity index is 2.75. The highest BCUT2D eigenvalue weighted by atomic mass is 16.5. The van der Waals surface area contributed by atoms with Gasteiger partial charge in [-0.3, -0.25) is 9.59 Å². The predicted octanol–water partition coefficient (Wildman–Crippen LogP) is 0.788. The average Bonchev–Trinajstić information content (AvgIpc) is 2.34. The molecule has 0 aliphatic carbocycles. The van der Waals surface area contributed by atoms with Crippen molar-refractivity contribution in [2.24, 2.45) is 0 Å². The number of carbonyl (C=O) groups excluding carboxylic acids is 2. The molecular weight excluding hydrogens is 234 g/mol. The van der Waals surface area contributed by atoms with Gasteiger partial charge in [0.25, 0.3) is 0 Å². The van der Waals surface area contributed by atoms with Gasteiger partial charge in [-0.05, 0) is 5.56 Å². The van der Waals surface area contributed by atoms with Gasteiger partial charge in [-0.15, -0.1) is 0 Å². The smallest absolute Gasteiger partial charge is 0.302 e. The van der Waals surface area contributed by atoms with E-state index >= 15 is 0 Å². The van der Waals surface area contributed by atoms with Crippen molar-refractivity contribution in [1.82, 2.24) is 5.32 Å². The minimum Gasteiger partial charge on any atom is -0.464 e. The fraction of sp³-hybridized carbons (Fsp3) is 0.385. The molecular formula is C13H17NO4. The first-order chi connectivity index (χ1) is 8.50. The third kappa shape index (κ3) is 4.55. The summed E-state index contributed by atoms with van der Waals surface area (Å²) in [7, 11) is 0. The Morgan fingerprint density at radius 2 is 1.89 bits per heavy atom. The first-order valence-electron chi connectivity index (χ1n) is 5.64. The Morgan fingerprint density at radius 1 is 1.28 bits per heavy atom. The highest BCUT2D eigenvalue weighted by Crippen LogP contribution is 2.16. The molecule has 5 nitrogen and oxygen atoms in total. The quantitative estimate of drug-likeness (QED) is 0.759. The Hall–Kier alpha value is -1.88. The monoisotopic (exact) mass is 251 g/mol. The summed E-state index contributed by atoms with van der Waals surface area (Å²) < 4.78 is 4.83. The largest absolute Gasteiger partial charge is 0.464 e. The Bertz CT molecular complexity index is 405. The highest BCUT2D eigenvalue weighted by molar-refractivity contribution is 5.73. The molecule has 0 aliphatic heterocycles. The number of amides is 1. The van der Waals surface area contributed by atoms with Crippen LogP contribution in [-0.4, -0.2) is 29.6 Å². The van der Waals surface area contributed by atoms with E-state index in [1.165, 1.54) is 13.8 Å². The third-order valence-corrected chi connectivity index (χ3v) is 2.38. The van der Waals surface area contributed by atoms with Crippen molar-refractivity contribution in [2.75, 3.05) is 6.61 Å². The molecule has 0 saturated heterocycles. The van der Waals surface area contributed by atoms with E-state index < -0.39 is 18.1 Å². The van der Waals surface area contributed by atoms with E-state index in [0.717, 1.165) is 0 Å². The Labute approximate surface area is 106 Å². The van der Waals surface area contributed by atoms with E-state index in [2.05, 4.69) is 5.32 Å². The lowest BCUT2D eigenvalue weighted by atomic mass is 10.0. The topological polar surface area (TPSA) is 75.6 Å². The number of carbonyl (C=O) groups is 2. The van der Waals surface area contributed by atoms with Crippen molar-refractivity contribution >= 4 is 11.9 Å². The molecule has 0 bridgehead atoms. The molecule has 98 valence electrons. The normalized spacial score (nSPS) is 13.5. The number of aliphatic hydroxyl groups excluding tert-OH is 1. The van der Waals surface area contributed by atoms with Crippen LogP contribution >= 0.6 is 0 Å². The molecule has 0 spiro atoms.